The standard InChI is InChI=1S/C50H32N4/c1-2-18-36(19-3-1)54-45-28-10-6-23-40(45)47-39-22-5-9-27-44(39)53(46-29-11-7-24-41(46)50(47)54)37-20-13-16-34(32-37)33-15-12-17-35(31-33)48-42-25-14-30-51-49(42)38-21-4-8-26-43(38)52-48/h1-32H. The summed E-state index contributed by atoms with van der Waals surface area (Å²) >= 11 is 0. The van der Waals surface area contributed by atoms with Crippen molar-refractivity contribution in [3.8, 4) is 50.5 Å². The van der Waals surface area contributed by atoms with Crippen molar-refractivity contribution < 1.29 is 0 Å². The fraction of sp³-hybridized carbons (Fsp3) is 0. The zero-order valence-corrected chi connectivity index (χ0v) is 29.3. The molecule has 7 aromatic carbocycles. The average Bonchev–Trinajstić information content (AvgIpc) is 3.53. The molecule has 0 aliphatic carbocycles. The van der Waals surface area contributed by atoms with Crippen LogP contribution in [0.3, 0.4) is 0 Å². The molecule has 0 N–H and O–H groups in total. The van der Waals surface area contributed by atoms with Crippen LogP contribution in [-0.4, -0.2) is 14.5 Å². The van der Waals surface area contributed by atoms with Crippen molar-refractivity contribution >= 4 is 49.8 Å². The van der Waals surface area contributed by atoms with Crippen LogP contribution in [0.1, 0.15) is 0 Å². The van der Waals surface area contributed by atoms with Gasteiger partial charge in [0.2, 0.25) is 0 Å². The molecule has 4 nitrogen and oxygen atoms in total. The van der Waals surface area contributed by atoms with Gasteiger partial charge in [-0.3, -0.25) is 4.98 Å². The van der Waals surface area contributed by atoms with E-state index in [2.05, 4.69) is 185 Å². The molecule has 1 aliphatic rings. The minimum Gasteiger partial charge on any atom is -0.309 e. The Labute approximate surface area is 312 Å². The highest BCUT2D eigenvalue weighted by molar-refractivity contribution is 6.13. The predicted octanol–water partition coefficient (Wildman–Crippen LogP) is 13.2. The van der Waals surface area contributed by atoms with Gasteiger partial charge < -0.3 is 9.47 Å². The number of hydrogen-bond donors (Lipinski definition) is 0. The van der Waals surface area contributed by atoms with Crippen molar-refractivity contribution in [3.05, 3.63) is 194 Å². The van der Waals surface area contributed by atoms with Crippen molar-refractivity contribution in [3.63, 3.8) is 0 Å². The lowest BCUT2D eigenvalue weighted by Crippen LogP contribution is -2.11. The summed E-state index contributed by atoms with van der Waals surface area (Å²) in [6.45, 7) is 0. The molecule has 1 aliphatic heterocycles. The molecule has 4 heterocycles. The normalized spacial score (nSPS) is 12.0. The number of para-hydroxylation sites is 5. The van der Waals surface area contributed by atoms with E-state index in [0.29, 0.717) is 0 Å². The third-order valence-corrected chi connectivity index (χ3v) is 10.7. The summed E-state index contributed by atoms with van der Waals surface area (Å²) in [6, 6.07) is 67.3. The van der Waals surface area contributed by atoms with Crippen LogP contribution in [0.25, 0.3) is 83.2 Å². The smallest absolute Gasteiger partial charge is 0.0817 e. The first-order chi connectivity index (χ1) is 26.8. The molecule has 0 saturated carbocycles. The van der Waals surface area contributed by atoms with Gasteiger partial charge in [-0.25, -0.2) is 4.98 Å². The monoisotopic (exact) mass is 688 g/mol. The van der Waals surface area contributed by atoms with Crippen LogP contribution in [0.15, 0.2) is 194 Å². The van der Waals surface area contributed by atoms with Gasteiger partial charge in [-0.1, -0.05) is 121 Å². The molecule has 54 heavy (non-hydrogen) atoms. The molecule has 11 rings (SSSR count). The SMILES string of the molecule is c1ccc(-n2c3c(c4ccccc42)-c2ccccc2N(c2cccc(-c4cccc(-c5nc6ccccc6c6ncccc56)c4)c2)c2ccccc2-3)cc1. The summed E-state index contributed by atoms with van der Waals surface area (Å²) in [7, 11) is 0. The summed E-state index contributed by atoms with van der Waals surface area (Å²) < 4.78 is 2.44. The maximum Gasteiger partial charge on any atom is 0.0817 e. The molecule has 0 radical (unpaired) electrons. The van der Waals surface area contributed by atoms with Gasteiger partial charge in [0.05, 0.1) is 39.3 Å². The first-order valence-corrected chi connectivity index (χ1v) is 18.3. The second-order valence-electron chi connectivity index (χ2n) is 13.8. The van der Waals surface area contributed by atoms with Gasteiger partial charge in [-0.15, -0.1) is 0 Å². The minimum absolute atomic E-state index is 0.939. The first kappa shape index (κ1) is 30.3. The van der Waals surface area contributed by atoms with Crippen LogP contribution in [0.4, 0.5) is 17.1 Å². The molecule has 4 heteroatoms. The number of hydrogen-bond acceptors (Lipinski definition) is 3. The van der Waals surface area contributed by atoms with Crippen molar-refractivity contribution in [2.24, 2.45) is 0 Å². The Kier molecular flexibility index (Phi) is 6.82. The van der Waals surface area contributed by atoms with Crippen LogP contribution in [0.2, 0.25) is 0 Å². The number of rotatable bonds is 4. The van der Waals surface area contributed by atoms with Gasteiger partial charge in [-0.2, -0.15) is 0 Å². The van der Waals surface area contributed by atoms with Crippen LogP contribution < -0.4 is 4.90 Å². The number of aromatic nitrogens is 3. The lowest BCUT2D eigenvalue weighted by atomic mass is 9.98. The second kappa shape index (κ2) is 12.1. The predicted molar refractivity (Wildman–Crippen MR) is 224 cm³/mol. The maximum absolute atomic E-state index is 5.17. The summed E-state index contributed by atoms with van der Waals surface area (Å²) in [5.41, 5.74) is 16.7. The molecule has 0 amide bonds. The van der Waals surface area contributed by atoms with Crippen molar-refractivity contribution in [1.29, 1.82) is 0 Å². The molecule has 0 atom stereocenters. The van der Waals surface area contributed by atoms with E-state index < -0.39 is 0 Å². The Bertz CT molecular complexity index is 3070. The van der Waals surface area contributed by atoms with Crippen LogP contribution in [-0.2, 0) is 0 Å². The quantitative estimate of drug-likeness (QED) is 0.173. The highest BCUT2D eigenvalue weighted by Gasteiger charge is 2.31. The van der Waals surface area contributed by atoms with E-state index in [4.69, 9.17) is 9.97 Å². The summed E-state index contributed by atoms with van der Waals surface area (Å²) in [5.74, 6) is 0. The Hall–Kier alpha value is -7.30. The maximum atomic E-state index is 5.17. The minimum atomic E-state index is 0.939. The fourth-order valence-corrected chi connectivity index (χ4v) is 8.42. The van der Waals surface area contributed by atoms with Crippen molar-refractivity contribution in [2.45, 2.75) is 0 Å². The van der Waals surface area contributed by atoms with E-state index in [1.807, 2.05) is 18.3 Å². The lowest BCUT2D eigenvalue weighted by Gasteiger charge is -2.28. The van der Waals surface area contributed by atoms with E-state index >= 15 is 0 Å². The van der Waals surface area contributed by atoms with E-state index in [0.717, 1.165) is 66.9 Å². The van der Waals surface area contributed by atoms with Gasteiger partial charge in [0.15, 0.2) is 0 Å². The van der Waals surface area contributed by atoms with Crippen LogP contribution in [0.5, 0.6) is 0 Å². The molecule has 0 spiro atoms. The van der Waals surface area contributed by atoms with E-state index in [1.54, 1.807) is 0 Å². The van der Waals surface area contributed by atoms with E-state index in [9.17, 15) is 0 Å². The molecule has 10 aromatic rings. The van der Waals surface area contributed by atoms with E-state index in [-0.39, 0.29) is 0 Å². The summed E-state index contributed by atoms with van der Waals surface area (Å²) in [6.07, 6.45) is 1.86. The van der Waals surface area contributed by atoms with Gasteiger partial charge in [-0.05, 0) is 77.9 Å². The fourth-order valence-electron chi connectivity index (χ4n) is 8.42. The Morgan fingerprint density at radius 1 is 0.426 bits per heavy atom. The third-order valence-electron chi connectivity index (χ3n) is 10.7. The summed E-state index contributed by atoms with van der Waals surface area (Å²) in [5, 5.41) is 3.34. The van der Waals surface area contributed by atoms with Crippen LogP contribution >= 0.6 is 0 Å². The molecule has 0 bridgehead atoms. The highest BCUT2D eigenvalue weighted by atomic mass is 15.2. The molecule has 252 valence electrons. The Balaban J connectivity index is 1.11. The number of anilines is 3. The number of fused-ring (bicyclic) bond motifs is 10. The number of pyridine rings is 2. The number of benzene rings is 7. The van der Waals surface area contributed by atoms with Gasteiger partial charge in [0, 0.05) is 56.0 Å². The Morgan fingerprint density at radius 3 is 1.93 bits per heavy atom. The van der Waals surface area contributed by atoms with Crippen LogP contribution in [0, 0.1) is 0 Å². The lowest BCUT2D eigenvalue weighted by molar-refractivity contribution is 1.13. The zero-order valence-electron chi connectivity index (χ0n) is 29.3. The van der Waals surface area contributed by atoms with Gasteiger partial charge in [0.1, 0.15) is 0 Å². The summed E-state index contributed by atoms with van der Waals surface area (Å²) in [4.78, 5) is 12.4. The molecule has 0 unspecified atom stereocenters. The van der Waals surface area contributed by atoms with Gasteiger partial charge in [0.25, 0.3) is 0 Å². The molecular formula is C50H32N4. The second-order valence-corrected chi connectivity index (χ2v) is 13.8. The number of nitrogens with zero attached hydrogens (tertiary/aromatic N) is 4. The van der Waals surface area contributed by atoms with Crippen molar-refractivity contribution in [1.82, 2.24) is 14.5 Å². The van der Waals surface area contributed by atoms with E-state index in [1.165, 1.54) is 33.3 Å². The average molecular weight is 689 g/mol. The molecule has 3 aromatic heterocycles. The van der Waals surface area contributed by atoms with Crippen molar-refractivity contribution in [2.75, 3.05) is 4.90 Å². The zero-order chi connectivity index (χ0) is 35.6. The molecule has 0 fully saturated rings. The highest BCUT2D eigenvalue weighted by Crippen LogP contribution is 2.54. The third kappa shape index (κ3) is 4.64. The Morgan fingerprint density at radius 2 is 1.06 bits per heavy atom. The van der Waals surface area contributed by atoms with Gasteiger partial charge >= 0.3 is 0 Å². The molecular weight excluding hydrogens is 657 g/mol. The largest absolute Gasteiger partial charge is 0.309 e. The molecule has 0 saturated heterocycles. The first-order valence-electron chi connectivity index (χ1n) is 18.3. The topological polar surface area (TPSA) is 34.0 Å².